The van der Waals surface area contributed by atoms with E-state index >= 15 is 0 Å². The van der Waals surface area contributed by atoms with Gasteiger partial charge in [-0.1, -0.05) is 0 Å². The molecule has 0 aromatic carbocycles. The van der Waals surface area contributed by atoms with Gasteiger partial charge in [-0.25, -0.2) is 15.0 Å². The van der Waals surface area contributed by atoms with Crippen molar-refractivity contribution in [3.05, 3.63) is 29.5 Å². The number of aromatic nitrogens is 4. The molecule has 2 aromatic rings. The first-order chi connectivity index (χ1) is 7.63. The number of rotatable bonds is 2. The van der Waals surface area contributed by atoms with Gasteiger partial charge in [0.25, 0.3) is 0 Å². The summed E-state index contributed by atoms with van der Waals surface area (Å²) >= 11 is 0. The summed E-state index contributed by atoms with van der Waals surface area (Å²) in [6.07, 6.45) is 3.50. The van der Waals surface area contributed by atoms with Crippen LogP contribution < -0.4 is 5.73 Å². The number of hydrogen-bond donors (Lipinski definition) is 1. The molecule has 2 heterocycles. The molecule has 0 spiro atoms. The molecule has 2 aromatic heterocycles. The highest BCUT2D eigenvalue weighted by atomic mass is 15.1. The van der Waals surface area contributed by atoms with E-state index in [0.717, 1.165) is 22.6 Å². The fraction of sp³-hybridized carbons (Fsp3) is 0.364. The first-order valence-corrected chi connectivity index (χ1v) is 5.14. The third-order valence-corrected chi connectivity index (χ3v) is 2.67. The van der Waals surface area contributed by atoms with E-state index in [1.54, 1.807) is 12.5 Å². The number of imidazole rings is 1. The summed E-state index contributed by atoms with van der Waals surface area (Å²) in [4.78, 5) is 13.0. The topological polar surface area (TPSA) is 69.6 Å². The van der Waals surface area contributed by atoms with Gasteiger partial charge in [0.1, 0.15) is 5.69 Å². The lowest BCUT2D eigenvalue weighted by Gasteiger charge is -2.08. The Balaban J connectivity index is 2.57. The molecule has 0 amide bonds. The van der Waals surface area contributed by atoms with E-state index in [9.17, 15) is 0 Å². The first kappa shape index (κ1) is 10.8. The lowest BCUT2D eigenvalue weighted by molar-refractivity contribution is 0.887. The fourth-order valence-corrected chi connectivity index (χ4v) is 1.72. The average molecular weight is 217 g/mol. The molecule has 0 radical (unpaired) electrons. The summed E-state index contributed by atoms with van der Waals surface area (Å²) in [5.74, 6) is 0.701. The van der Waals surface area contributed by atoms with E-state index in [1.165, 1.54) is 0 Å². The zero-order valence-electron chi connectivity index (χ0n) is 9.73. The molecule has 0 aliphatic heterocycles. The van der Waals surface area contributed by atoms with Crippen LogP contribution in [0, 0.1) is 13.8 Å². The van der Waals surface area contributed by atoms with E-state index in [4.69, 9.17) is 5.73 Å². The van der Waals surface area contributed by atoms with Crippen molar-refractivity contribution in [1.29, 1.82) is 0 Å². The van der Waals surface area contributed by atoms with Crippen molar-refractivity contribution in [3.63, 3.8) is 0 Å². The minimum atomic E-state index is 0.476. The van der Waals surface area contributed by atoms with E-state index < -0.39 is 0 Å². The van der Waals surface area contributed by atoms with Crippen molar-refractivity contribution in [2.24, 2.45) is 12.8 Å². The molecule has 84 valence electrons. The smallest absolute Gasteiger partial charge is 0.178 e. The average Bonchev–Trinajstić information content (AvgIpc) is 2.64. The molecule has 0 saturated carbocycles. The summed E-state index contributed by atoms with van der Waals surface area (Å²) in [7, 11) is 1.92. The maximum absolute atomic E-state index is 5.65. The quantitative estimate of drug-likeness (QED) is 0.813. The zero-order chi connectivity index (χ0) is 11.7. The van der Waals surface area contributed by atoms with Crippen LogP contribution in [0.2, 0.25) is 0 Å². The van der Waals surface area contributed by atoms with Crippen LogP contribution in [0.5, 0.6) is 0 Å². The second-order valence-electron chi connectivity index (χ2n) is 3.79. The van der Waals surface area contributed by atoms with Crippen LogP contribution in [0.3, 0.4) is 0 Å². The van der Waals surface area contributed by atoms with E-state index in [-0.39, 0.29) is 0 Å². The SMILES string of the molecule is Cc1nc(-c2cncn2C)nc(C)c1CN. The Bertz CT molecular complexity index is 492. The standard InChI is InChI=1S/C11H15N5/c1-7-9(4-12)8(2)15-11(14-7)10-5-13-6-16(10)3/h5-6H,4,12H2,1-3H3. The lowest BCUT2D eigenvalue weighted by atomic mass is 10.1. The molecule has 5 heteroatoms. The van der Waals surface area contributed by atoms with Crippen LogP contribution >= 0.6 is 0 Å². The summed E-state index contributed by atoms with van der Waals surface area (Å²) in [6.45, 7) is 4.39. The molecule has 0 unspecified atom stereocenters. The van der Waals surface area contributed by atoms with Gasteiger partial charge in [-0.05, 0) is 13.8 Å². The number of nitrogens with two attached hydrogens (primary N) is 1. The Morgan fingerprint density at radius 1 is 1.25 bits per heavy atom. The van der Waals surface area contributed by atoms with Crippen LogP contribution in [0.15, 0.2) is 12.5 Å². The number of hydrogen-bond acceptors (Lipinski definition) is 4. The third kappa shape index (κ3) is 1.69. The largest absolute Gasteiger partial charge is 0.331 e. The van der Waals surface area contributed by atoms with Gasteiger partial charge >= 0.3 is 0 Å². The molecule has 2 rings (SSSR count). The number of aryl methyl sites for hydroxylation is 3. The van der Waals surface area contributed by atoms with Gasteiger partial charge in [-0.2, -0.15) is 0 Å². The molecule has 0 atom stereocenters. The monoisotopic (exact) mass is 217 g/mol. The van der Waals surface area contributed by atoms with Gasteiger partial charge in [0, 0.05) is 30.5 Å². The zero-order valence-corrected chi connectivity index (χ0v) is 9.73. The van der Waals surface area contributed by atoms with Gasteiger partial charge in [-0.15, -0.1) is 0 Å². The molecule has 0 saturated heterocycles. The van der Waals surface area contributed by atoms with Crippen molar-refractivity contribution in [3.8, 4) is 11.5 Å². The van der Waals surface area contributed by atoms with Crippen molar-refractivity contribution in [2.75, 3.05) is 0 Å². The minimum Gasteiger partial charge on any atom is -0.331 e. The van der Waals surface area contributed by atoms with Crippen molar-refractivity contribution >= 4 is 0 Å². The molecule has 5 nitrogen and oxygen atoms in total. The second kappa shape index (κ2) is 4.02. The predicted octanol–water partition coefficient (Wildman–Crippen LogP) is 0.953. The Morgan fingerprint density at radius 2 is 1.88 bits per heavy atom. The molecule has 0 aliphatic rings. The first-order valence-electron chi connectivity index (χ1n) is 5.14. The Labute approximate surface area is 94.4 Å². The van der Waals surface area contributed by atoms with Gasteiger partial charge in [-0.3, -0.25) is 0 Å². The van der Waals surface area contributed by atoms with E-state index in [0.29, 0.717) is 12.4 Å². The normalized spacial score (nSPS) is 10.8. The van der Waals surface area contributed by atoms with Crippen LogP contribution in [0.1, 0.15) is 17.0 Å². The van der Waals surface area contributed by atoms with E-state index in [2.05, 4.69) is 15.0 Å². The van der Waals surface area contributed by atoms with Crippen molar-refractivity contribution in [1.82, 2.24) is 19.5 Å². The predicted molar refractivity (Wildman–Crippen MR) is 61.6 cm³/mol. The van der Waals surface area contributed by atoms with Gasteiger partial charge in [0.15, 0.2) is 5.82 Å². The van der Waals surface area contributed by atoms with Crippen molar-refractivity contribution < 1.29 is 0 Å². The Morgan fingerprint density at radius 3 is 2.31 bits per heavy atom. The van der Waals surface area contributed by atoms with Crippen LogP contribution in [-0.2, 0) is 13.6 Å². The van der Waals surface area contributed by atoms with Gasteiger partial charge in [0.05, 0.1) is 12.5 Å². The maximum atomic E-state index is 5.65. The Hall–Kier alpha value is -1.75. The van der Waals surface area contributed by atoms with Gasteiger partial charge < -0.3 is 10.3 Å². The lowest BCUT2D eigenvalue weighted by Crippen LogP contribution is -2.08. The molecule has 16 heavy (non-hydrogen) atoms. The molecule has 0 aliphatic carbocycles. The van der Waals surface area contributed by atoms with Crippen LogP contribution in [0.4, 0.5) is 0 Å². The molecule has 0 fully saturated rings. The molecular weight excluding hydrogens is 202 g/mol. The summed E-state index contributed by atoms with van der Waals surface area (Å²) in [5.41, 5.74) is 9.46. The van der Waals surface area contributed by atoms with Crippen LogP contribution in [-0.4, -0.2) is 19.5 Å². The molecular formula is C11H15N5. The number of nitrogens with zero attached hydrogens (tertiary/aromatic N) is 4. The van der Waals surface area contributed by atoms with Crippen molar-refractivity contribution in [2.45, 2.75) is 20.4 Å². The Kier molecular flexibility index (Phi) is 2.70. The highest BCUT2D eigenvalue weighted by molar-refractivity contribution is 5.49. The molecule has 0 bridgehead atoms. The molecule has 2 N–H and O–H groups in total. The van der Waals surface area contributed by atoms with Crippen LogP contribution in [0.25, 0.3) is 11.5 Å². The summed E-state index contributed by atoms with van der Waals surface area (Å²) < 4.78 is 1.90. The highest BCUT2D eigenvalue weighted by Gasteiger charge is 2.10. The fourth-order valence-electron chi connectivity index (χ4n) is 1.72. The summed E-state index contributed by atoms with van der Waals surface area (Å²) in [5, 5.41) is 0. The maximum Gasteiger partial charge on any atom is 0.178 e. The highest BCUT2D eigenvalue weighted by Crippen LogP contribution is 2.17. The third-order valence-electron chi connectivity index (χ3n) is 2.67. The summed E-state index contributed by atoms with van der Waals surface area (Å²) in [6, 6.07) is 0. The minimum absolute atomic E-state index is 0.476. The van der Waals surface area contributed by atoms with Gasteiger partial charge in [0.2, 0.25) is 0 Å². The second-order valence-corrected chi connectivity index (χ2v) is 3.79. The van der Waals surface area contributed by atoms with E-state index in [1.807, 2.05) is 25.5 Å².